The monoisotopic (exact) mass is 363 g/mol. The van der Waals surface area contributed by atoms with Crippen LogP contribution < -0.4 is 22.3 Å². The molecule has 23 heavy (non-hydrogen) atoms. The van der Waals surface area contributed by atoms with Gasteiger partial charge in [-0.3, -0.25) is 19.6 Å². The van der Waals surface area contributed by atoms with Gasteiger partial charge >= 0.3 is 5.69 Å². The van der Waals surface area contributed by atoms with Crippen molar-refractivity contribution in [3.63, 3.8) is 0 Å². The van der Waals surface area contributed by atoms with E-state index in [0.29, 0.717) is 5.56 Å². The molecular weight excluding hydrogens is 345 g/mol. The van der Waals surface area contributed by atoms with Crippen molar-refractivity contribution in [1.29, 1.82) is 0 Å². The first-order valence-electron chi connectivity index (χ1n) is 6.38. The molecule has 0 atom stereocenters. The van der Waals surface area contributed by atoms with Crippen LogP contribution >= 0.6 is 24.8 Å². The number of H-pyrrole nitrogens is 2. The Bertz CT molecular complexity index is 823. The summed E-state index contributed by atoms with van der Waals surface area (Å²) in [5, 5.41) is 2.91. The predicted molar refractivity (Wildman–Crippen MR) is 92.8 cm³/mol. The van der Waals surface area contributed by atoms with Gasteiger partial charge in [-0.1, -0.05) is 0 Å². The van der Waals surface area contributed by atoms with Gasteiger partial charge in [-0.05, 0) is 32.4 Å². The van der Waals surface area contributed by atoms with Gasteiger partial charge in [-0.25, -0.2) is 9.78 Å². The van der Waals surface area contributed by atoms with E-state index in [1.54, 1.807) is 20.8 Å². The number of nitrogens with zero attached hydrogens (tertiary/aromatic N) is 1. The molecule has 0 fully saturated rings. The second-order valence-corrected chi connectivity index (χ2v) is 5.63. The Morgan fingerprint density at radius 3 is 2.48 bits per heavy atom. The Morgan fingerprint density at radius 1 is 1.30 bits per heavy atom. The minimum absolute atomic E-state index is 0. The maximum atomic E-state index is 12.0. The van der Waals surface area contributed by atoms with Gasteiger partial charge < -0.3 is 11.1 Å². The molecular formula is C13H19Cl2N5O3. The highest BCUT2D eigenvalue weighted by Crippen LogP contribution is 2.10. The van der Waals surface area contributed by atoms with E-state index >= 15 is 0 Å². The Labute approximate surface area is 144 Å². The number of carbonyl (C=O) groups excluding carboxylic acids is 1. The summed E-state index contributed by atoms with van der Waals surface area (Å²) in [5.41, 5.74) is 4.80. The third kappa shape index (κ3) is 5.05. The standard InChI is InChI=1S/C13H17N5O3.2ClH/c1-6-4-7(10(19)15-5-13(2,3)14)16-9-8(6)11(20)18-12(21)17-9;;/h4H,5,14H2,1-3H3,(H,15,19)(H2,16,17,18,20,21);2*1H. The maximum absolute atomic E-state index is 12.0. The van der Waals surface area contributed by atoms with Gasteiger partial charge in [-0.15, -0.1) is 24.8 Å². The molecule has 0 aromatic carbocycles. The summed E-state index contributed by atoms with van der Waals surface area (Å²) in [4.78, 5) is 43.6. The van der Waals surface area contributed by atoms with Gasteiger partial charge in [-0.2, -0.15) is 0 Å². The van der Waals surface area contributed by atoms with E-state index < -0.39 is 22.7 Å². The molecule has 0 aliphatic heterocycles. The number of amides is 1. The number of nitrogens with two attached hydrogens (primary N) is 1. The second-order valence-electron chi connectivity index (χ2n) is 5.63. The van der Waals surface area contributed by atoms with Crippen LogP contribution in [0.3, 0.4) is 0 Å². The smallest absolute Gasteiger partial charge is 0.327 e. The number of rotatable bonds is 3. The number of halogens is 2. The lowest BCUT2D eigenvalue weighted by Crippen LogP contribution is -2.45. The lowest BCUT2D eigenvalue weighted by Gasteiger charge is -2.18. The molecule has 1 amide bonds. The van der Waals surface area contributed by atoms with Crippen LogP contribution in [0.4, 0.5) is 0 Å². The average Bonchev–Trinajstić information content (AvgIpc) is 2.33. The van der Waals surface area contributed by atoms with Crippen LogP contribution in [-0.4, -0.2) is 32.9 Å². The minimum atomic E-state index is -0.667. The van der Waals surface area contributed by atoms with Crippen molar-refractivity contribution in [2.75, 3.05) is 6.54 Å². The first kappa shape index (κ1) is 21.1. The fraction of sp³-hybridized carbons (Fsp3) is 0.385. The van der Waals surface area contributed by atoms with Gasteiger partial charge in [0.25, 0.3) is 11.5 Å². The summed E-state index contributed by atoms with van der Waals surface area (Å²) in [6.07, 6.45) is 0. The molecule has 2 aromatic heterocycles. The molecule has 0 bridgehead atoms. The molecule has 2 rings (SSSR count). The molecule has 10 heteroatoms. The number of carbonyl (C=O) groups is 1. The predicted octanol–water partition coefficient (Wildman–Crippen LogP) is 0.231. The number of aromatic nitrogens is 3. The Hall–Kier alpha value is -1.90. The van der Waals surface area contributed by atoms with Crippen molar-refractivity contribution < 1.29 is 4.79 Å². The molecule has 0 saturated carbocycles. The number of aromatic amines is 2. The van der Waals surface area contributed by atoms with Crippen LogP contribution in [0, 0.1) is 6.92 Å². The third-order valence-electron chi connectivity index (χ3n) is 2.84. The van der Waals surface area contributed by atoms with E-state index in [9.17, 15) is 14.4 Å². The first-order chi connectivity index (χ1) is 9.67. The topological polar surface area (TPSA) is 134 Å². The largest absolute Gasteiger partial charge is 0.349 e. The zero-order valence-corrected chi connectivity index (χ0v) is 14.5. The van der Waals surface area contributed by atoms with Crippen molar-refractivity contribution in [3.8, 4) is 0 Å². The number of pyridine rings is 1. The molecule has 128 valence electrons. The highest BCUT2D eigenvalue weighted by molar-refractivity contribution is 5.95. The third-order valence-corrected chi connectivity index (χ3v) is 2.84. The van der Waals surface area contributed by atoms with Crippen LogP contribution in [0.5, 0.6) is 0 Å². The quantitative estimate of drug-likeness (QED) is 0.619. The SMILES string of the molecule is Cc1cc(C(=O)NCC(C)(C)N)nc2[nH]c(=O)[nH]c(=O)c12.Cl.Cl. The van der Waals surface area contributed by atoms with Crippen LogP contribution in [0.2, 0.25) is 0 Å². The molecule has 8 nitrogen and oxygen atoms in total. The lowest BCUT2D eigenvalue weighted by molar-refractivity contribution is 0.0941. The summed E-state index contributed by atoms with van der Waals surface area (Å²) in [5.74, 6) is -0.417. The molecule has 0 aliphatic carbocycles. The van der Waals surface area contributed by atoms with Crippen molar-refractivity contribution in [1.82, 2.24) is 20.3 Å². The number of aryl methyl sites for hydroxylation is 1. The van der Waals surface area contributed by atoms with Gasteiger partial charge in [0.05, 0.1) is 5.39 Å². The van der Waals surface area contributed by atoms with Crippen LogP contribution in [0.15, 0.2) is 15.7 Å². The van der Waals surface area contributed by atoms with E-state index in [1.807, 2.05) is 0 Å². The number of hydrogen-bond donors (Lipinski definition) is 4. The highest BCUT2D eigenvalue weighted by Gasteiger charge is 2.16. The van der Waals surface area contributed by atoms with Crippen molar-refractivity contribution >= 4 is 41.8 Å². The highest BCUT2D eigenvalue weighted by atomic mass is 35.5. The molecule has 0 spiro atoms. The normalized spacial score (nSPS) is 10.6. The maximum Gasteiger partial charge on any atom is 0.327 e. The van der Waals surface area contributed by atoms with Gasteiger partial charge in [0.15, 0.2) is 0 Å². The van der Waals surface area contributed by atoms with Crippen molar-refractivity contribution in [3.05, 3.63) is 38.2 Å². The number of fused-ring (bicyclic) bond motifs is 1. The minimum Gasteiger partial charge on any atom is -0.349 e. The van der Waals surface area contributed by atoms with E-state index in [2.05, 4.69) is 20.3 Å². The summed E-state index contributed by atoms with van der Waals surface area (Å²) < 4.78 is 0. The van der Waals surface area contributed by atoms with Crippen LogP contribution in [0.25, 0.3) is 11.0 Å². The Balaban J connectivity index is 0.00000242. The van der Waals surface area contributed by atoms with E-state index in [0.717, 1.165) is 0 Å². The van der Waals surface area contributed by atoms with Crippen LogP contribution in [0.1, 0.15) is 29.9 Å². The zero-order chi connectivity index (χ0) is 15.8. The molecule has 0 radical (unpaired) electrons. The second kappa shape index (κ2) is 7.58. The fourth-order valence-electron chi connectivity index (χ4n) is 1.87. The lowest BCUT2D eigenvalue weighted by atomic mass is 10.1. The summed E-state index contributed by atoms with van der Waals surface area (Å²) in [6, 6.07) is 1.49. The Morgan fingerprint density at radius 2 is 1.91 bits per heavy atom. The fourth-order valence-corrected chi connectivity index (χ4v) is 1.87. The first-order valence-corrected chi connectivity index (χ1v) is 6.38. The van der Waals surface area contributed by atoms with Gasteiger partial charge in [0.2, 0.25) is 0 Å². The van der Waals surface area contributed by atoms with E-state index in [1.165, 1.54) is 6.07 Å². The molecule has 2 heterocycles. The van der Waals surface area contributed by atoms with E-state index in [-0.39, 0.29) is 48.1 Å². The van der Waals surface area contributed by atoms with E-state index in [4.69, 9.17) is 5.73 Å². The Kier molecular flexibility index (Phi) is 6.95. The number of nitrogens with one attached hydrogen (secondary N) is 3. The zero-order valence-electron chi connectivity index (χ0n) is 12.9. The molecule has 0 saturated heterocycles. The van der Waals surface area contributed by atoms with Gasteiger partial charge in [0, 0.05) is 12.1 Å². The molecule has 0 aliphatic rings. The van der Waals surface area contributed by atoms with Crippen molar-refractivity contribution in [2.45, 2.75) is 26.3 Å². The van der Waals surface area contributed by atoms with Gasteiger partial charge in [0.1, 0.15) is 11.3 Å². The molecule has 2 aromatic rings. The summed E-state index contributed by atoms with van der Waals surface area (Å²) in [6.45, 7) is 5.50. The number of hydrogen-bond acceptors (Lipinski definition) is 5. The average molecular weight is 364 g/mol. The molecule has 0 unspecified atom stereocenters. The van der Waals surface area contributed by atoms with Crippen molar-refractivity contribution in [2.24, 2.45) is 5.73 Å². The summed E-state index contributed by atoms with van der Waals surface area (Å²) >= 11 is 0. The van der Waals surface area contributed by atoms with Crippen LogP contribution in [-0.2, 0) is 0 Å². The molecule has 5 N–H and O–H groups in total. The summed E-state index contributed by atoms with van der Waals surface area (Å²) in [7, 11) is 0.